The fourth-order valence-electron chi connectivity index (χ4n) is 2.05. The van der Waals surface area contributed by atoms with Gasteiger partial charge in [-0.25, -0.2) is 4.79 Å². The van der Waals surface area contributed by atoms with Crippen molar-refractivity contribution < 1.29 is 19.1 Å². The number of thioether (sulfide) groups is 1. The van der Waals surface area contributed by atoms with Crippen LogP contribution in [-0.4, -0.2) is 54.6 Å². The predicted molar refractivity (Wildman–Crippen MR) is 87.7 cm³/mol. The molecule has 0 saturated carbocycles. The van der Waals surface area contributed by atoms with Gasteiger partial charge in [0, 0.05) is 19.6 Å². The second-order valence-electron chi connectivity index (χ2n) is 4.88. The van der Waals surface area contributed by atoms with E-state index in [1.807, 2.05) is 24.3 Å². The lowest BCUT2D eigenvalue weighted by Gasteiger charge is -2.13. The van der Waals surface area contributed by atoms with Crippen LogP contribution in [0.4, 0.5) is 9.59 Å². The van der Waals surface area contributed by atoms with E-state index < -0.39 is 0 Å². The lowest BCUT2D eigenvalue weighted by molar-refractivity contribution is -0.124. The van der Waals surface area contributed by atoms with Crippen LogP contribution in [0.1, 0.15) is 5.56 Å². The molecule has 23 heavy (non-hydrogen) atoms. The molecule has 0 radical (unpaired) electrons. The summed E-state index contributed by atoms with van der Waals surface area (Å²) in [6, 6.07) is 7.32. The van der Waals surface area contributed by atoms with E-state index in [1.165, 1.54) is 0 Å². The Bertz CT molecular complexity index is 561. The van der Waals surface area contributed by atoms with Crippen molar-refractivity contribution >= 4 is 28.9 Å². The Morgan fingerprint density at radius 2 is 1.91 bits per heavy atom. The lowest BCUT2D eigenvalue weighted by atomic mass is 10.1. The first-order valence-corrected chi connectivity index (χ1v) is 8.20. The molecule has 4 amide bonds. The van der Waals surface area contributed by atoms with Gasteiger partial charge in [-0.2, -0.15) is 0 Å². The Hall–Kier alpha value is -2.22. The van der Waals surface area contributed by atoms with Gasteiger partial charge in [0.1, 0.15) is 5.75 Å². The molecule has 1 aliphatic rings. The molecule has 1 heterocycles. The molecule has 1 aliphatic heterocycles. The zero-order valence-corrected chi connectivity index (χ0v) is 13.6. The number of nitrogens with one attached hydrogen (secondary N) is 2. The summed E-state index contributed by atoms with van der Waals surface area (Å²) in [5.74, 6) is 0.776. The molecule has 7 nitrogen and oxygen atoms in total. The predicted octanol–water partition coefficient (Wildman–Crippen LogP) is 1.23. The summed E-state index contributed by atoms with van der Waals surface area (Å²) >= 11 is 0.987. The van der Waals surface area contributed by atoms with Gasteiger partial charge >= 0.3 is 6.03 Å². The molecule has 124 valence electrons. The number of hydrogen-bond acceptors (Lipinski definition) is 5. The first kappa shape index (κ1) is 17.1. The van der Waals surface area contributed by atoms with E-state index in [1.54, 1.807) is 7.11 Å². The topological polar surface area (TPSA) is 87.7 Å². The third-order valence-corrected chi connectivity index (χ3v) is 4.18. The zero-order valence-electron chi connectivity index (χ0n) is 12.8. The van der Waals surface area contributed by atoms with Crippen LogP contribution in [0.2, 0.25) is 0 Å². The van der Waals surface area contributed by atoms with Gasteiger partial charge in [0.25, 0.3) is 5.24 Å². The fourth-order valence-corrected chi connectivity index (χ4v) is 2.81. The highest BCUT2D eigenvalue weighted by Crippen LogP contribution is 2.17. The van der Waals surface area contributed by atoms with Crippen molar-refractivity contribution in [2.75, 3.05) is 32.5 Å². The molecule has 1 aromatic rings. The van der Waals surface area contributed by atoms with Crippen molar-refractivity contribution in [2.45, 2.75) is 6.42 Å². The van der Waals surface area contributed by atoms with Crippen LogP contribution in [0.3, 0.4) is 0 Å². The maximum Gasteiger partial charge on any atom is 0.314 e. The minimum atomic E-state index is -0.315. The van der Waals surface area contributed by atoms with Crippen LogP contribution in [0.15, 0.2) is 24.3 Å². The SMILES string of the molecule is COc1ccc(CCNC(=O)NCCN2C(=O)CSC2=O)cc1. The van der Waals surface area contributed by atoms with E-state index in [0.717, 1.165) is 28.0 Å². The largest absolute Gasteiger partial charge is 0.497 e. The average Bonchev–Trinajstić information content (AvgIpc) is 2.87. The minimum absolute atomic E-state index is 0.187. The molecule has 0 unspecified atom stereocenters. The molecule has 1 fully saturated rings. The third-order valence-electron chi connectivity index (χ3n) is 3.32. The van der Waals surface area contributed by atoms with Crippen LogP contribution in [-0.2, 0) is 11.2 Å². The highest BCUT2D eigenvalue weighted by Gasteiger charge is 2.29. The highest BCUT2D eigenvalue weighted by atomic mass is 32.2. The fraction of sp³-hybridized carbons (Fsp3) is 0.400. The van der Waals surface area contributed by atoms with Gasteiger partial charge in [-0.1, -0.05) is 23.9 Å². The maximum atomic E-state index is 11.6. The van der Waals surface area contributed by atoms with Gasteiger partial charge in [0.2, 0.25) is 5.91 Å². The van der Waals surface area contributed by atoms with Crippen LogP contribution >= 0.6 is 11.8 Å². The summed E-state index contributed by atoms with van der Waals surface area (Å²) in [4.78, 5) is 35.5. The van der Waals surface area contributed by atoms with Gasteiger partial charge < -0.3 is 15.4 Å². The van der Waals surface area contributed by atoms with Gasteiger partial charge in [-0.15, -0.1) is 0 Å². The molecule has 0 aromatic heterocycles. The zero-order chi connectivity index (χ0) is 16.7. The standard InChI is InChI=1S/C15H19N3O4S/c1-22-12-4-2-11(3-5-12)6-7-16-14(20)17-8-9-18-13(19)10-23-15(18)21/h2-5H,6-10H2,1H3,(H2,16,17,20). The Morgan fingerprint density at radius 3 is 2.52 bits per heavy atom. The summed E-state index contributed by atoms with van der Waals surface area (Å²) in [6.07, 6.45) is 0.706. The maximum absolute atomic E-state index is 11.6. The third kappa shape index (κ3) is 5.17. The van der Waals surface area contributed by atoms with E-state index >= 15 is 0 Å². The highest BCUT2D eigenvalue weighted by molar-refractivity contribution is 8.14. The summed E-state index contributed by atoms with van der Waals surface area (Å²) in [7, 11) is 1.61. The number of ether oxygens (including phenoxy) is 1. The lowest BCUT2D eigenvalue weighted by Crippen LogP contribution is -2.42. The van der Waals surface area contributed by atoms with E-state index in [9.17, 15) is 14.4 Å². The smallest absolute Gasteiger partial charge is 0.314 e. The summed E-state index contributed by atoms with van der Waals surface area (Å²) < 4.78 is 5.08. The van der Waals surface area contributed by atoms with Crippen LogP contribution in [0, 0.1) is 0 Å². The normalized spacial score (nSPS) is 14.0. The van der Waals surface area contributed by atoms with Gasteiger partial charge in [0.05, 0.1) is 12.9 Å². The van der Waals surface area contributed by atoms with E-state index in [-0.39, 0.29) is 36.0 Å². The molecule has 2 rings (SSSR count). The second kappa shape index (κ2) is 8.42. The van der Waals surface area contributed by atoms with Gasteiger partial charge in [-0.05, 0) is 24.1 Å². The number of nitrogens with zero attached hydrogens (tertiary/aromatic N) is 1. The van der Waals surface area contributed by atoms with Crippen LogP contribution in [0.5, 0.6) is 5.75 Å². The molecule has 0 aliphatic carbocycles. The molecule has 2 N–H and O–H groups in total. The molecule has 1 saturated heterocycles. The Morgan fingerprint density at radius 1 is 1.22 bits per heavy atom. The number of imide groups is 1. The summed E-state index contributed by atoms with van der Waals surface area (Å²) in [6.45, 7) is 0.943. The monoisotopic (exact) mass is 337 g/mol. The van der Waals surface area contributed by atoms with Crippen molar-refractivity contribution in [1.82, 2.24) is 15.5 Å². The van der Waals surface area contributed by atoms with E-state index in [0.29, 0.717) is 13.0 Å². The Balaban J connectivity index is 1.61. The van der Waals surface area contributed by atoms with Gasteiger partial charge in [-0.3, -0.25) is 14.5 Å². The second-order valence-corrected chi connectivity index (χ2v) is 5.81. The minimum Gasteiger partial charge on any atom is -0.497 e. The molecule has 8 heteroatoms. The Labute approximate surface area is 138 Å². The van der Waals surface area contributed by atoms with Crippen molar-refractivity contribution in [1.29, 1.82) is 0 Å². The number of benzene rings is 1. The number of carbonyl (C=O) groups excluding carboxylic acids is 3. The number of urea groups is 1. The molecule has 0 spiro atoms. The number of amides is 4. The van der Waals surface area contributed by atoms with Crippen molar-refractivity contribution in [3.63, 3.8) is 0 Å². The molecule has 0 bridgehead atoms. The van der Waals surface area contributed by atoms with Gasteiger partial charge in [0.15, 0.2) is 0 Å². The number of methoxy groups -OCH3 is 1. The van der Waals surface area contributed by atoms with Crippen molar-refractivity contribution in [2.24, 2.45) is 0 Å². The van der Waals surface area contributed by atoms with E-state index in [2.05, 4.69) is 10.6 Å². The van der Waals surface area contributed by atoms with E-state index in [4.69, 9.17) is 4.74 Å². The first-order chi connectivity index (χ1) is 11.1. The number of rotatable bonds is 7. The molecular weight excluding hydrogens is 318 g/mol. The summed E-state index contributed by atoms with van der Waals surface area (Å²) in [5, 5.41) is 5.11. The average molecular weight is 337 g/mol. The molecule has 1 aromatic carbocycles. The summed E-state index contributed by atoms with van der Waals surface area (Å²) in [5.41, 5.74) is 1.09. The van der Waals surface area contributed by atoms with Crippen molar-refractivity contribution in [3.8, 4) is 5.75 Å². The quantitative estimate of drug-likeness (QED) is 0.781. The van der Waals surface area contributed by atoms with Crippen LogP contribution < -0.4 is 15.4 Å². The number of carbonyl (C=O) groups is 3. The van der Waals surface area contributed by atoms with Crippen LogP contribution in [0.25, 0.3) is 0 Å². The molecular formula is C15H19N3O4S. The molecule has 0 atom stereocenters. The van der Waals surface area contributed by atoms with Crippen molar-refractivity contribution in [3.05, 3.63) is 29.8 Å². The number of hydrogen-bond donors (Lipinski definition) is 2. The Kier molecular flexibility index (Phi) is 6.28. The first-order valence-electron chi connectivity index (χ1n) is 7.22.